The fraction of sp³-hybridized carbons (Fsp3) is 0.0588. The minimum absolute atomic E-state index is 0.0490. The van der Waals surface area contributed by atoms with Crippen LogP contribution in [0.25, 0.3) is 10.9 Å². The number of hydrogen-bond acceptors (Lipinski definition) is 2. The molecule has 104 valence electrons. The molecule has 0 aliphatic carbocycles. The lowest BCUT2D eigenvalue weighted by Gasteiger charge is -2.10. The van der Waals surface area contributed by atoms with Crippen molar-refractivity contribution >= 4 is 28.3 Å². The second-order valence-corrected chi connectivity index (χ2v) is 5.14. The molecule has 3 rings (SSSR count). The van der Waals surface area contributed by atoms with Crippen molar-refractivity contribution < 1.29 is 4.79 Å². The maximum atomic E-state index is 12.4. The molecule has 0 spiro atoms. The number of nitrogens with zero attached hydrogens (tertiary/aromatic N) is 1. The van der Waals surface area contributed by atoms with Gasteiger partial charge in [-0.3, -0.25) is 9.59 Å². The Morgan fingerprint density at radius 3 is 2.52 bits per heavy atom. The Balaban J connectivity index is 2.03. The van der Waals surface area contributed by atoms with Crippen molar-refractivity contribution in [2.45, 2.75) is 6.54 Å². The largest absolute Gasteiger partial charge is 0.339 e. The fourth-order valence-corrected chi connectivity index (χ4v) is 2.57. The maximum Gasteiger partial charge on any atom is 0.189 e. The van der Waals surface area contributed by atoms with E-state index in [4.69, 9.17) is 11.6 Å². The summed E-state index contributed by atoms with van der Waals surface area (Å²) in [5.74, 6) is -0.0885. The summed E-state index contributed by atoms with van der Waals surface area (Å²) in [6.45, 7) is 0.143. The van der Waals surface area contributed by atoms with Crippen LogP contribution >= 0.6 is 11.6 Å². The minimum atomic E-state index is -0.0885. The molecule has 2 aromatic carbocycles. The van der Waals surface area contributed by atoms with Crippen LogP contribution < -0.4 is 5.43 Å². The predicted octanol–water partition coefficient (Wildman–Crippen LogP) is 3.54. The molecule has 0 aliphatic heterocycles. The van der Waals surface area contributed by atoms with E-state index in [2.05, 4.69) is 0 Å². The second kappa shape index (κ2) is 5.54. The number of rotatable bonds is 3. The van der Waals surface area contributed by atoms with E-state index in [1.807, 2.05) is 18.2 Å². The topological polar surface area (TPSA) is 39.1 Å². The van der Waals surface area contributed by atoms with Gasteiger partial charge in [-0.25, -0.2) is 0 Å². The quantitative estimate of drug-likeness (QED) is 0.694. The van der Waals surface area contributed by atoms with Gasteiger partial charge in [-0.1, -0.05) is 35.9 Å². The monoisotopic (exact) mass is 297 g/mol. The van der Waals surface area contributed by atoms with Crippen LogP contribution in [-0.4, -0.2) is 10.4 Å². The zero-order chi connectivity index (χ0) is 14.8. The molecule has 3 nitrogen and oxygen atoms in total. The third-order valence-electron chi connectivity index (χ3n) is 3.37. The van der Waals surface area contributed by atoms with Crippen LogP contribution in [0, 0.1) is 0 Å². The first-order valence-electron chi connectivity index (χ1n) is 6.53. The molecule has 21 heavy (non-hydrogen) atoms. The minimum Gasteiger partial charge on any atom is -0.339 e. The van der Waals surface area contributed by atoms with Gasteiger partial charge in [0.1, 0.15) is 0 Å². The van der Waals surface area contributed by atoms with E-state index < -0.39 is 0 Å². The molecule has 4 heteroatoms. The van der Waals surface area contributed by atoms with E-state index in [0.29, 0.717) is 16.0 Å². The van der Waals surface area contributed by atoms with Gasteiger partial charge in [0, 0.05) is 23.2 Å². The lowest BCUT2D eigenvalue weighted by molar-refractivity contribution is 0.0973. The SMILES string of the molecule is O=C(Cn1ccc(=O)c2ccccc21)c1ccccc1Cl. The summed E-state index contributed by atoms with van der Waals surface area (Å²) >= 11 is 6.05. The Morgan fingerprint density at radius 1 is 1.00 bits per heavy atom. The third-order valence-corrected chi connectivity index (χ3v) is 3.70. The highest BCUT2D eigenvalue weighted by atomic mass is 35.5. The molecule has 0 atom stereocenters. The molecule has 0 fully saturated rings. The third kappa shape index (κ3) is 2.60. The van der Waals surface area contributed by atoms with Gasteiger partial charge in [0.2, 0.25) is 0 Å². The molecule has 1 heterocycles. The van der Waals surface area contributed by atoms with Gasteiger partial charge in [0.05, 0.1) is 17.1 Å². The van der Waals surface area contributed by atoms with Gasteiger partial charge in [0.25, 0.3) is 0 Å². The number of halogens is 1. The average molecular weight is 298 g/mol. The van der Waals surface area contributed by atoms with E-state index in [0.717, 1.165) is 5.52 Å². The second-order valence-electron chi connectivity index (χ2n) is 4.73. The molecule has 0 saturated heterocycles. The first-order valence-corrected chi connectivity index (χ1v) is 6.90. The number of ketones is 1. The molecule has 0 saturated carbocycles. The molecule has 1 aromatic heterocycles. The van der Waals surface area contributed by atoms with Crippen molar-refractivity contribution in [3.63, 3.8) is 0 Å². The number of fused-ring (bicyclic) bond motifs is 1. The lowest BCUT2D eigenvalue weighted by atomic mass is 10.1. The van der Waals surface area contributed by atoms with Gasteiger partial charge in [-0.15, -0.1) is 0 Å². The molecule has 0 amide bonds. The van der Waals surface area contributed by atoms with Crippen LogP contribution in [-0.2, 0) is 6.54 Å². The zero-order valence-corrected chi connectivity index (χ0v) is 11.9. The summed E-state index contributed by atoms with van der Waals surface area (Å²) in [5.41, 5.74) is 1.18. The summed E-state index contributed by atoms with van der Waals surface area (Å²) in [7, 11) is 0. The number of hydrogen-bond donors (Lipinski definition) is 0. The molecule has 0 aliphatic rings. The van der Waals surface area contributed by atoms with Crippen LogP contribution in [0.1, 0.15) is 10.4 Å². The van der Waals surface area contributed by atoms with Crippen LogP contribution in [0.4, 0.5) is 0 Å². The smallest absolute Gasteiger partial charge is 0.189 e. The maximum absolute atomic E-state index is 12.4. The zero-order valence-electron chi connectivity index (χ0n) is 11.1. The van der Waals surface area contributed by atoms with Gasteiger partial charge in [0.15, 0.2) is 11.2 Å². The number of carbonyl (C=O) groups excluding carboxylic acids is 1. The summed E-state index contributed by atoms with van der Waals surface area (Å²) in [6, 6.07) is 15.7. The van der Waals surface area contributed by atoms with Crippen molar-refractivity contribution in [2.75, 3.05) is 0 Å². The Kier molecular flexibility index (Phi) is 3.59. The Hall–Kier alpha value is -2.39. The van der Waals surface area contributed by atoms with Crippen molar-refractivity contribution in [1.29, 1.82) is 0 Å². The van der Waals surface area contributed by atoms with Gasteiger partial charge >= 0.3 is 0 Å². The predicted molar refractivity (Wildman–Crippen MR) is 84.0 cm³/mol. The summed E-state index contributed by atoms with van der Waals surface area (Å²) in [6.07, 6.45) is 1.64. The van der Waals surface area contributed by atoms with Crippen LogP contribution in [0.2, 0.25) is 5.02 Å². The number of Topliss-reactive ketones (excluding diaryl/α,β-unsaturated/α-hetero) is 1. The summed E-state index contributed by atoms with van der Waals surface area (Å²) < 4.78 is 1.77. The fourth-order valence-electron chi connectivity index (χ4n) is 2.33. The Labute approximate surface area is 126 Å². The molecular weight excluding hydrogens is 286 g/mol. The average Bonchev–Trinajstić information content (AvgIpc) is 2.51. The van der Waals surface area contributed by atoms with E-state index >= 15 is 0 Å². The first-order chi connectivity index (χ1) is 10.2. The Morgan fingerprint density at radius 2 is 1.71 bits per heavy atom. The molecular formula is C17H12ClNO2. The first kappa shape index (κ1) is 13.6. The van der Waals surface area contributed by atoms with Gasteiger partial charge in [-0.05, 0) is 24.3 Å². The number of carbonyl (C=O) groups is 1. The number of para-hydroxylation sites is 1. The molecule has 0 unspecified atom stereocenters. The molecule has 0 bridgehead atoms. The van der Waals surface area contributed by atoms with Crippen molar-refractivity contribution in [2.24, 2.45) is 0 Å². The summed E-state index contributed by atoms with van der Waals surface area (Å²) in [5, 5.41) is 1.04. The van der Waals surface area contributed by atoms with Crippen molar-refractivity contribution in [1.82, 2.24) is 4.57 Å². The van der Waals surface area contributed by atoms with Crippen molar-refractivity contribution in [3.05, 3.63) is 81.6 Å². The molecule has 0 radical (unpaired) electrons. The van der Waals surface area contributed by atoms with Gasteiger partial charge < -0.3 is 4.57 Å². The highest BCUT2D eigenvalue weighted by Crippen LogP contribution is 2.17. The van der Waals surface area contributed by atoms with Crippen molar-refractivity contribution in [3.8, 4) is 0 Å². The summed E-state index contributed by atoms with van der Waals surface area (Å²) in [4.78, 5) is 24.2. The number of pyridine rings is 1. The van der Waals surface area contributed by atoms with E-state index in [1.54, 1.807) is 41.1 Å². The highest BCUT2D eigenvalue weighted by molar-refractivity contribution is 6.33. The van der Waals surface area contributed by atoms with Gasteiger partial charge in [-0.2, -0.15) is 0 Å². The molecule has 3 aromatic rings. The van der Waals surface area contributed by atoms with Crippen LogP contribution in [0.15, 0.2) is 65.6 Å². The molecule has 0 N–H and O–H groups in total. The number of benzene rings is 2. The standard InChI is InChI=1S/C17H12ClNO2/c18-14-7-3-1-5-12(14)17(21)11-19-10-9-16(20)13-6-2-4-8-15(13)19/h1-10H,11H2. The lowest BCUT2D eigenvalue weighted by Crippen LogP contribution is -2.14. The Bertz CT molecular complexity index is 883. The van der Waals surface area contributed by atoms with E-state index in [9.17, 15) is 9.59 Å². The van der Waals surface area contributed by atoms with E-state index in [1.165, 1.54) is 6.07 Å². The highest BCUT2D eigenvalue weighted by Gasteiger charge is 2.11. The normalized spacial score (nSPS) is 10.7. The van der Waals surface area contributed by atoms with E-state index in [-0.39, 0.29) is 17.8 Å². The van der Waals surface area contributed by atoms with Crippen LogP contribution in [0.5, 0.6) is 0 Å². The van der Waals surface area contributed by atoms with Crippen LogP contribution in [0.3, 0.4) is 0 Å². The number of aromatic nitrogens is 1.